The molecule has 1 aliphatic heterocycles. The Morgan fingerprint density at radius 2 is 2.12 bits per heavy atom. The van der Waals surface area contributed by atoms with Crippen LogP contribution in [0.5, 0.6) is 0 Å². The summed E-state index contributed by atoms with van der Waals surface area (Å²) in [5, 5.41) is 1.84. The molecule has 0 unspecified atom stereocenters. The first-order valence-electron chi connectivity index (χ1n) is 5.42. The van der Waals surface area contributed by atoms with Crippen molar-refractivity contribution in [1.82, 2.24) is 4.31 Å². The van der Waals surface area contributed by atoms with Gasteiger partial charge in [-0.1, -0.05) is 0 Å². The van der Waals surface area contributed by atoms with E-state index in [0.717, 1.165) is 10.4 Å². The highest BCUT2D eigenvalue weighted by Gasteiger charge is 2.30. The number of rotatable bonds is 3. The van der Waals surface area contributed by atoms with Crippen molar-refractivity contribution >= 4 is 21.4 Å². The molecule has 5 nitrogen and oxygen atoms in total. The van der Waals surface area contributed by atoms with Gasteiger partial charge in [0, 0.05) is 24.5 Å². The molecule has 0 spiro atoms. The summed E-state index contributed by atoms with van der Waals surface area (Å²) in [5.41, 5.74) is 6.37. The molecule has 2 heterocycles. The van der Waals surface area contributed by atoms with Gasteiger partial charge in [-0.05, 0) is 17.9 Å². The molecule has 0 atom stereocenters. The molecule has 1 fully saturated rings. The van der Waals surface area contributed by atoms with Gasteiger partial charge < -0.3 is 10.5 Å². The van der Waals surface area contributed by atoms with Crippen LogP contribution in [0.3, 0.4) is 0 Å². The quantitative estimate of drug-likeness (QED) is 0.874. The predicted molar refractivity (Wildman–Crippen MR) is 66.5 cm³/mol. The van der Waals surface area contributed by atoms with E-state index >= 15 is 0 Å². The maximum Gasteiger partial charge on any atom is 0.244 e. The standard InChI is InChI=1S/C10H16N2O3S2/c1-8-7-16-9(6-11)10(8)17(13,14)12-2-4-15-5-3-12/h7H,2-6,11H2,1H3. The number of hydrogen-bond donors (Lipinski definition) is 1. The topological polar surface area (TPSA) is 72.6 Å². The van der Waals surface area contributed by atoms with Gasteiger partial charge in [0.1, 0.15) is 4.90 Å². The third kappa shape index (κ3) is 2.38. The fraction of sp³-hybridized carbons (Fsp3) is 0.600. The number of ether oxygens (including phenoxy) is 1. The van der Waals surface area contributed by atoms with Gasteiger partial charge in [-0.15, -0.1) is 11.3 Å². The van der Waals surface area contributed by atoms with Crippen LogP contribution in [0.4, 0.5) is 0 Å². The molecule has 0 saturated carbocycles. The zero-order valence-corrected chi connectivity index (χ0v) is 11.3. The monoisotopic (exact) mass is 276 g/mol. The maximum absolute atomic E-state index is 12.5. The second-order valence-corrected chi connectivity index (χ2v) is 6.73. The van der Waals surface area contributed by atoms with Crippen LogP contribution in [0.15, 0.2) is 10.3 Å². The van der Waals surface area contributed by atoms with E-state index in [1.54, 1.807) is 0 Å². The van der Waals surface area contributed by atoms with Gasteiger partial charge in [0.25, 0.3) is 0 Å². The first-order valence-corrected chi connectivity index (χ1v) is 7.74. The highest BCUT2D eigenvalue weighted by molar-refractivity contribution is 7.89. The molecule has 1 aliphatic rings. The number of aryl methyl sites for hydroxylation is 1. The average molecular weight is 276 g/mol. The van der Waals surface area contributed by atoms with Crippen molar-refractivity contribution in [1.29, 1.82) is 0 Å². The van der Waals surface area contributed by atoms with E-state index in [-0.39, 0.29) is 6.54 Å². The molecule has 2 rings (SSSR count). The van der Waals surface area contributed by atoms with E-state index in [4.69, 9.17) is 10.5 Å². The van der Waals surface area contributed by atoms with E-state index in [1.807, 2.05) is 12.3 Å². The van der Waals surface area contributed by atoms with E-state index in [9.17, 15) is 8.42 Å². The molecule has 96 valence electrons. The zero-order valence-electron chi connectivity index (χ0n) is 9.68. The molecule has 0 aromatic carbocycles. The number of nitrogens with two attached hydrogens (primary N) is 1. The average Bonchev–Trinajstić information content (AvgIpc) is 2.72. The lowest BCUT2D eigenvalue weighted by Crippen LogP contribution is -2.41. The molecule has 1 aromatic heterocycles. The molecule has 0 radical (unpaired) electrons. The molecule has 0 bridgehead atoms. The zero-order chi connectivity index (χ0) is 12.5. The molecule has 0 aliphatic carbocycles. The van der Waals surface area contributed by atoms with Crippen LogP contribution in [-0.4, -0.2) is 39.0 Å². The molecular weight excluding hydrogens is 260 g/mol. The SMILES string of the molecule is Cc1csc(CN)c1S(=O)(=O)N1CCOCC1. The first kappa shape index (κ1) is 13.0. The van der Waals surface area contributed by atoms with Gasteiger partial charge in [-0.25, -0.2) is 8.42 Å². The predicted octanol–water partition coefficient (Wildman–Crippen LogP) is 0.536. The summed E-state index contributed by atoms with van der Waals surface area (Å²) in [5.74, 6) is 0. The van der Waals surface area contributed by atoms with E-state index < -0.39 is 10.0 Å². The van der Waals surface area contributed by atoms with Crippen LogP contribution in [0.2, 0.25) is 0 Å². The summed E-state index contributed by atoms with van der Waals surface area (Å²) >= 11 is 1.40. The van der Waals surface area contributed by atoms with Gasteiger partial charge in [0.05, 0.1) is 13.2 Å². The Kier molecular flexibility index (Phi) is 3.84. The summed E-state index contributed by atoms with van der Waals surface area (Å²) in [7, 11) is -3.41. The number of sulfonamides is 1. The summed E-state index contributed by atoms with van der Waals surface area (Å²) in [6.07, 6.45) is 0. The number of nitrogens with zero attached hydrogens (tertiary/aromatic N) is 1. The number of thiophene rings is 1. The molecule has 0 amide bonds. The van der Waals surface area contributed by atoms with Crippen molar-refractivity contribution < 1.29 is 13.2 Å². The van der Waals surface area contributed by atoms with Crippen LogP contribution in [0.25, 0.3) is 0 Å². The summed E-state index contributed by atoms with van der Waals surface area (Å²) in [6.45, 7) is 3.82. The highest BCUT2D eigenvalue weighted by Crippen LogP contribution is 2.29. The Bertz CT molecular complexity index is 490. The van der Waals surface area contributed by atoms with Crippen molar-refractivity contribution in [2.45, 2.75) is 18.4 Å². The smallest absolute Gasteiger partial charge is 0.244 e. The van der Waals surface area contributed by atoms with E-state index in [2.05, 4.69) is 0 Å². The summed E-state index contributed by atoms with van der Waals surface area (Å²) in [4.78, 5) is 1.13. The summed E-state index contributed by atoms with van der Waals surface area (Å²) < 4.78 is 31.6. The lowest BCUT2D eigenvalue weighted by Gasteiger charge is -2.26. The van der Waals surface area contributed by atoms with Crippen molar-refractivity contribution in [2.24, 2.45) is 5.73 Å². The van der Waals surface area contributed by atoms with Gasteiger partial charge in [-0.3, -0.25) is 0 Å². The molecular formula is C10H16N2O3S2. The van der Waals surface area contributed by atoms with Crippen LogP contribution in [0.1, 0.15) is 10.4 Å². The normalized spacial score (nSPS) is 18.5. The van der Waals surface area contributed by atoms with Gasteiger partial charge in [0.2, 0.25) is 10.0 Å². The Labute approximate surface area is 105 Å². The van der Waals surface area contributed by atoms with Crippen LogP contribution in [0, 0.1) is 6.92 Å². The fourth-order valence-corrected chi connectivity index (χ4v) is 4.95. The number of morpholine rings is 1. The third-order valence-corrected chi connectivity index (χ3v) is 6.13. The molecule has 7 heteroatoms. The van der Waals surface area contributed by atoms with Crippen molar-refractivity contribution in [3.05, 3.63) is 15.8 Å². The second kappa shape index (κ2) is 5.03. The lowest BCUT2D eigenvalue weighted by molar-refractivity contribution is 0.0730. The second-order valence-electron chi connectivity index (χ2n) is 3.89. The van der Waals surface area contributed by atoms with Crippen LogP contribution < -0.4 is 5.73 Å². The molecule has 17 heavy (non-hydrogen) atoms. The minimum absolute atomic E-state index is 0.261. The van der Waals surface area contributed by atoms with E-state index in [0.29, 0.717) is 31.2 Å². The summed E-state index contributed by atoms with van der Waals surface area (Å²) in [6, 6.07) is 0. The highest BCUT2D eigenvalue weighted by atomic mass is 32.2. The van der Waals surface area contributed by atoms with Crippen molar-refractivity contribution in [3.8, 4) is 0 Å². The molecule has 2 N–H and O–H groups in total. The van der Waals surface area contributed by atoms with Gasteiger partial charge >= 0.3 is 0 Å². The number of hydrogen-bond acceptors (Lipinski definition) is 5. The Morgan fingerprint density at radius 1 is 1.47 bits per heavy atom. The Hall–Kier alpha value is -0.470. The Morgan fingerprint density at radius 3 is 2.71 bits per heavy atom. The Balaban J connectivity index is 2.39. The lowest BCUT2D eigenvalue weighted by atomic mass is 10.3. The largest absolute Gasteiger partial charge is 0.379 e. The maximum atomic E-state index is 12.5. The van der Waals surface area contributed by atoms with Crippen LogP contribution in [-0.2, 0) is 21.3 Å². The van der Waals surface area contributed by atoms with Crippen LogP contribution >= 0.6 is 11.3 Å². The minimum atomic E-state index is -3.41. The van der Waals surface area contributed by atoms with Crippen molar-refractivity contribution in [2.75, 3.05) is 26.3 Å². The molecule has 1 saturated heterocycles. The van der Waals surface area contributed by atoms with E-state index in [1.165, 1.54) is 15.6 Å². The fourth-order valence-electron chi connectivity index (χ4n) is 1.89. The first-order chi connectivity index (χ1) is 8.07. The molecule has 1 aromatic rings. The van der Waals surface area contributed by atoms with Gasteiger partial charge in [-0.2, -0.15) is 4.31 Å². The third-order valence-electron chi connectivity index (χ3n) is 2.74. The van der Waals surface area contributed by atoms with Crippen molar-refractivity contribution in [3.63, 3.8) is 0 Å². The van der Waals surface area contributed by atoms with Gasteiger partial charge in [0.15, 0.2) is 0 Å². The minimum Gasteiger partial charge on any atom is -0.379 e.